The lowest BCUT2D eigenvalue weighted by Crippen LogP contribution is -2.35. The Morgan fingerprint density at radius 2 is 2.11 bits per heavy atom. The van der Waals surface area contributed by atoms with Crippen molar-refractivity contribution in [2.75, 3.05) is 7.05 Å². The highest BCUT2D eigenvalue weighted by molar-refractivity contribution is 5.99. The molecule has 0 radical (unpaired) electrons. The van der Waals surface area contributed by atoms with Crippen molar-refractivity contribution in [3.63, 3.8) is 0 Å². The van der Waals surface area contributed by atoms with Crippen LogP contribution in [0.5, 0.6) is 0 Å². The Bertz CT molecular complexity index is 153. The van der Waals surface area contributed by atoms with Gasteiger partial charge in [0.1, 0.15) is 0 Å². The van der Waals surface area contributed by atoms with Crippen LogP contribution in [0.4, 0.5) is 4.79 Å². The third-order valence-electron chi connectivity index (χ3n) is 0.836. The Hall–Kier alpha value is -1.32. The standard InChI is InChI=1S/C5H8N2O2/c1-3-4(8)7(2)5(6)9/h3H,1H2,2H3,(H2,6,9). The van der Waals surface area contributed by atoms with Gasteiger partial charge in [0.15, 0.2) is 0 Å². The lowest BCUT2D eigenvalue weighted by atomic mass is 10.5. The van der Waals surface area contributed by atoms with Crippen molar-refractivity contribution >= 4 is 11.9 Å². The number of carbonyl (C=O) groups is 2. The number of primary amides is 1. The van der Waals surface area contributed by atoms with Crippen LogP contribution in [0.15, 0.2) is 12.7 Å². The molecule has 0 unspecified atom stereocenters. The van der Waals surface area contributed by atoms with Gasteiger partial charge in [-0.1, -0.05) is 6.58 Å². The summed E-state index contributed by atoms with van der Waals surface area (Å²) in [4.78, 5) is 21.4. The number of nitrogens with two attached hydrogens (primary N) is 1. The summed E-state index contributed by atoms with van der Waals surface area (Å²) in [6.45, 7) is 3.17. The highest BCUT2D eigenvalue weighted by atomic mass is 16.2. The fraction of sp³-hybridized carbons (Fsp3) is 0.200. The van der Waals surface area contributed by atoms with Gasteiger partial charge in [-0.05, 0) is 6.08 Å². The van der Waals surface area contributed by atoms with Gasteiger partial charge in [0, 0.05) is 7.05 Å². The summed E-state index contributed by atoms with van der Waals surface area (Å²) in [5, 5.41) is 0. The predicted molar refractivity (Wildman–Crippen MR) is 32.6 cm³/mol. The molecular weight excluding hydrogens is 120 g/mol. The van der Waals surface area contributed by atoms with E-state index in [1.165, 1.54) is 7.05 Å². The molecule has 0 aliphatic rings. The van der Waals surface area contributed by atoms with Crippen LogP contribution >= 0.6 is 0 Å². The van der Waals surface area contributed by atoms with E-state index in [1.807, 2.05) is 0 Å². The molecule has 0 fully saturated rings. The minimum atomic E-state index is -0.778. The molecule has 0 aromatic heterocycles. The van der Waals surface area contributed by atoms with Gasteiger partial charge in [-0.25, -0.2) is 4.79 Å². The summed E-state index contributed by atoms with van der Waals surface area (Å²) < 4.78 is 0. The maximum absolute atomic E-state index is 10.5. The zero-order valence-electron chi connectivity index (χ0n) is 5.13. The number of urea groups is 1. The molecular formula is C5H8N2O2. The van der Waals surface area contributed by atoms with E-state index < -0.39 is 11.9 Å². The molecule has 50 valence electrons. The Morgan fingerprint density at radius 1 is 1.67 bits per heavy atom. The Labute approximate surface area is 52.9 Å². The number of rotatable bonds is 1. The lowest BCUT2D eigenvalue weighted by Gasteiger charge is -2.07. The van der Waals surface area contributed by atoms with Crippen LogP contribution in [-0.4, -0.2) is 23.9 Å². The molecule has 4 nitrogen and oxygen atoms in total. The van der Waals surface area contributed by atoms with E-state index in [0.29, 0.717) is 0 Å². The first-order valence-corrected chi connectivity index (χ1v) is 2.29. The van der Waals surface area contributed by atoms with Crippen molar-refractivity contribution in [2.24, 2.45) is 5.73 Å². The summed E-state index contributed by atoms with van der Waals surface area (Å²) in [7, 11) is 1.28. The molecule has 0 aliphatic heterocycles. The highest BCUT2D eigenvalue weighted by Gasteiger charge is 2.07. The number of amides is 3. The molecule has 0 rings (SSSR count). The van der Waals surface area contributed by atoms with Crippen LogP contribution in [0, 0.1) is 0 Å². The fourth-order valence-corrected chi connectivity index (χ4v) is 0.246. The molecule has 0 bridgehead atoms. The summed E-state index contributed by atoms with van der Waals surface area (Å²) in [6.07, 6.45) is 1.02. The van der Waals surface area contributed by atoms with E-state index in [4.69, 9.17) is 5.73 Å². The summed E-state index contributed by atoms with van der Waals surface area (Å²) in [5.41, 5.74) is 4.73. The van der Waals surface area contributed by atoms with E-state index in [9.17, 15) is 9.59 Å². The van der Waals surface area contributed by atoms with E-state index in [0.717, 1.165) is 11.0 Å². The number of hydrogen-bond donors (Lipinski definition) is 1. The van der Waals surface area contributed by atoms with Gasteiger partial charge in [-0.2, -0.15) is 0 Å². The molecule has 9 heavy (non-hydrogen) atoms. The Morgan fingerprint density at radius 3 is 2.22 bits per heavy atom. The van der Waals surface area contributed by atoms with Gasteiger partial charge in [0.05, 0.1) is 0 Å². The zero-order valence-corrected chi connectivity index (χ0v) is 5.13. The number of hydrogen-bond acceptors (Lipinski definition) is 2. The van der Waals surface area contributed by atoms with Crippen LogP contribution < -0.4 is 5.73 Å². The van der Waals surface area contributed by atoms with Crippen LogP contribution in [0.3, 0.4) is 0 Å². The first-order chi connectivity index (χ1) is 4.09. The summed E-state index contributed by atoms with van der Waals surface area (Å²) in [5.74, 6) is -0.498. The van der Waals surface area contributed by atoms with E-state index in [1.54, 1.807) is 0 Å². The Balaban J connectivity index is 4.03. The normalized spacial score (nSPS) is 8.11. The number of imide groups is 1. The SMILES string of the molecule is C=CC(=O)N(C)C(N)=O. The topological polar surface area (TPSA) is 63.4 Å². The number of nitrogens with zero attached hydrogens (tertiary/aromatic N) is 1. The quantitative estimate of drug-likeness (QED) is 0.493. The summed E-state index contributed by atoms with van der Waals surface area (Å²) >= 11 is 0. The van der Waals surface area contributed by atoms with Crippen molar-refractivity contribution < 1.29 is 9.59 Å². The largest absolute Gasteiger partial charge is 0.351 e. The van der Waals surface area contributed by atoms with Gasteiger partial charge in [0.25, 0.3) is 5.91 Å². The zero-order chi connectivity index (χ0) is 7.44. The molecule has 0 spiro atoms. The minimum Gasteiger partial charge on any atom is -0.351 e. The molecule has 4 heteroatoms. The summed E-state index contributed by atoms with van der Waals surface area (Å²) in [6, 6.07) is -0.778. The van der Waals surface area contributed by atoms with Gasteiger partial charge in [-0.15, -0.1) is 0 Å². The van der Waals surface area contributed by atoms with Crippen LogP contribution in [-0.2, 0) is 4.79 Å². The van der Waals surface area contributed by atoms with Crippen LogP contribution in [0.1, 0.15) is 0 Å². The average Bonchev–Trinajstić information content (AvgIpc) is 1.84. The smallest absolute Gasteiger partial charge is 0.321 e. The molecule has 0 heterocycles. The first-order valence-electron chi connectivity index (χ1n) is 2.29. The van der Waals surface area contributed by atoms with Crippen molar-refractivity contribution in [2.45, 2.75) is 0 Å². The molecule has 0 saturated heterocycles. The van der Waals surface area contributed by atoms with Crippen molar-refractivity contribution in [3.05, 3.63) is 12.7 Å². The molecule has 0 aromatic carbocycles. The highest BCUT2D eigenvalue weighted by Crippen LogP contribution is 1.82. The lowest BCUT2D eigenvalue weighted by molar-refractivity contribution is -0.122. The predicted octanol–water partition coefficient (Wildman–Crippen LogP) is -0.290. The second-order valence-electron chi connectivity index (χ2n) is 1.44. The number of carbonyl (C=O) groups excluding carboxylic acids is 2. The third kappa shape index (κ3) is 1.94. The number of likely N-dealkylation sites (N-methyl/N-ethyl adjacent to an activating group) is 1. The van der Waals surface area contributed by atoms with Gasteiger partial charge in [-0.3, -0.25) is 9.69 Å². The molecule has 2 N–H and O–H groups in total. The first kappa shape index (κ1) is 7.68. The maximum Gasteiger partial charge on any atom is 0.321 e. The van der Waals surface area contributed by atoms with Gasteiger partial charge >= 0.3 is 6.03 Å². The van der Waals surface area contributed by atoms with Crippen molar-refractivity contribution in [1.29, 1.82) is 0 Å². The monoisotopic (exact) mass is 128 g/mol. The Kier molecular flexibility index (Phi) is 2.44. The van der Waals surface area contributed by atoms with Crippen molar-refractivity contribution in [3.8, 4) is 0 Å². The molecule has 0 aromatic rings. The maximum atomic E-state index is 10.5. The minimum absolute atomic E-state index is 0.498. The molecule has 0 aliphatic carbocycles. The molecule has 0 atom stereocenters. The van der Waals surface area contributed by atoms with Crippen LogP contribution in [0.25, 0.3) is 0 Å². The van der Waals surface area contributed by atoms with Gasteiger partial charge < -0.3 is 5.73 Å². The molecule has 3 amide bonds. The van der Waals surface area contributed by atoms with E-state index >= 15 is 0 Å². The van der Waals surface area contributed by atoms with Crippen LogP contribution in [0.2, 0.25) is 0 Å². The average molecular weight is 128 g/mol. The second-order valence-corrected chi connectivity index (χ2v) is 1.44. The molecule has 0 saturated carbocycles. The fourth-order valence-electron chi connectivity index (χ4n) is 0.246. The van der Waals surface area contributed by atoms with Gasteiger partial charge in [0.2, 0.25) is 0 Å². The van der Waals surface area contributed by atoms with E-state index in [-0.39, 0.29) is 0 Å². The van der Waals surface area contributed by atoms with Crippen molar-refractivity contribution in [1.82, 2.24) is 4.90 Å². The van der Waals surface area contributed by atoms with E-state index in [2.05, 4.69) is 6.58 Å². The second kappa shape index (κ2) is 2.86. The third-order valence-corrected chi connectivity index (χ3v) is 0.836.